The minimum absolute atomic E-state index is 0.205. The molecular weight excluding hydrogens is 215 g/mol. The molecule has 17 heavy (non-hydrogen) atoms. The molecule has 2 atom stereocenters. The van der Waals surface area contributed by atoms with Crippen LogP contribution in [0.25, 0.3) is 0 Å². The topological polar surface area (TPSA) is 20.2 Å². The zero-order chi connectivity index (χ0) is 12.7. The maximum atomic E-state index is 12.9. The number of hydrogen-bond donors (Lipinski definition) is 1. The lowest BCUT2D eigenvalue weighted by Gasteiger charge is -2.45. The Kier molecular flexibility index (Phi) is 3.03. The van der Waals surface area contributed by atoms with Crippen LogP contribution >= 0.6 is 0 Å². The van der Waals surface area contributed by atoms with Gasteiger partial charge >= 0.3 is 0 Å². The molecule has 1 aromatic carbocycles. The van der Waals surface area contributed by atoms with Gasteiger partial charge in [0, 0.05) is 0 Å². The summed E-state index contributed by atoms with van der Waals surface area (Å²) in [5, 5.41) is 10.8. The third kappa shape index (κ3) is 2.37. The van der Waals surface area contributed by atoms with Gasteiger partial charge in [0.05, 0.1) is 5.60 Å². The summed E-state index contributed by atoms with van der Waals surface area (Å²) in [5.74, 6) is -0.0437. The summed E-state index contributed by atoms with van der Waals surface area (Å²) in [6.07, 6.45) is 2.76. The third-order valence-corrected chi connectivity index (χ3v) is 4.20. The van der Waals surface area contributed by atoms with Crippen LogP contribution < -0.4 is 0 Å². The molecule has 2 unspecified atom stereocenters. The Hall–Kier alpha value is -0.890. The molecule has 0 heterocycles. The van der Waals surface area contributed by atoms with Gasteiger partial charge in [-0.2, -0.15) is 0 Å². The largest absolute Gasteiger partial charge is 0.385 e. The quantitative estimate of drug-likeness (QED) is 0.785. The molecule has 1 aliphatic carbocycles. The Morgan fingerprint density at radius 3 is 2.29 bits per heavy atom. The Labute approximate surface area is 103 Å². The fourth-order valence-electron chi connectivity index (χ4n) is 3.04. The van der Waals surface area contributed by atoms with E-state index in [1.54, 1.807) is 12.1 Å². The van der Waals surface area contributed by atoms with Crippen molar-refractivity contribution in [1.82, 2.24) is 0 Å². The van der Waals surface area contributed by atoms with Gasteiger partial charge in [-0.1, -0.05) is 32.9 Å². The Bertz CT molecular complexity index is 396. The smallest absolute Gasteiger partial charge is 0.123 e. The molecule has 1 N–H and O–H groups in total. The van der Waals surface area contributed by atoms with Crippen molar-refractivity contribution in [3.63, 3.8) is 0 Å². The lowest BCUT2D eigenvalue weighted by atomic mass is 9.63. The van der Waals surface area contributed by atoms with Crippen molar-refractivity contribution in [2.75, 3.05) is 0 Å². The van der Waals surface area contributed by atoms with Crippen molar-refractivity contribution >= 4 is 0 Å². The van der Waals surface area contributed by atoms with E-state index in [1.165, 1.54) is 12.1 Å². The number of rotatable bonds is 1. The summed E-state index contributed by atoms with van der Waals surface area (Å²) >= 11 is 0. The second kappa shape index (κ2) is 4.09. The van der Waals surface area contributed by atoms with Gasteiger partial charge in [0.25, 0.3) is 0 Å². The summed E-state index contributed by atoms with van der Waals surface area (Å²) < 4.78 is 12.9. The van der Waals surface area contributed by atoms with Gasteiger partial charge in [0.1, 0.15) is 5.82 Å². The van der Waals surface area contributed by atoms with Crippen molar-refractivity contribution in [3.05, 3.63) is 35.6 Å². The van der Waals surface area contributed by atoms with E-state index in [-0.39, 0.29) is 11.7 Å². The first-order valence-electron chi connectivity index (χ1n) is 6.32. The normalized spacial score (nSPS) is 32.4. The van der Waals surface area contributed by atoms with Gasteiger partial charge < -0.3 is 5.11 Å². The zero-order valence-electron chi connectivity index (χ0n) is 10.8. The van der Waals surface area contributed by atoms with Crippen molar-refractivity contribution in [1.29, 1.82) is 0 Å². The van der Waals surface area contributed by atoms with Crippen LogP contribution in [0, 0.1) is 17.2 Å². The molecule has 1 nitrogen and oxygen atoms in total. The van der Waals surface area contributed by atoms with Gasteiger partial charge in [-0.15, -0.1) is 0 Å². The van der Waals surface area contributed by atoms with Crippen LogP contribution in [-0.2, 0) is 5.60 Å². The maximum Gasteiger partial charge on any atom is 0.123 e. The number of halogens is 1. The first kappa shape index (κ1) is 12.6. The standard InChI is InChI=1S/C15H21FO/c1-11-10-14(2,3)8-9-15(11,17)12-4-6-13(16)7-5-12/h4-7,11,17H,8-10H2,1-3H3. The van der Waals surface area contributed by atoms with Crippen molar-refractivity contribution in [2.24, 2.45) is 11.3 Å². The van der Waals surface area contributed by atoms with E-state index >= 15 is 0 Å². The van der Waals surface area contributed by atoms with Crippen molar-refractivity contribution < 1.29 is 9.50 Å². The van der Waals surface area contributed by atoms with Crippen molar-refractivity contribution in [2.45, 2.75) is 45.6 Å². The molecule has 94 valence electrons. The van der Waals surface area contributed by atoms with E-state index in [4.69, 9.17) is 0 Å². The average Bonchev–Trinajstić information content (AvgIpc) is 2.25. The summed E-state index contributed by atoms with van der Waals surface area (Å²) in [5.41, 5.74) is 0.358. The third-order valence-electron chi connectivity index (χ3n) is 4.20. The Morgan fingerprint density at radius 1 is 1.18 bits per heavy atom. The lowest BCUT2D eigenvalue weighted by molar-refractivity contribution is -0.0770. The zero-order valence-corrected chi connectivity index (χ0v) is 10.8. The molecule has 0 amide bonds. The molecule has 0 bridgehead atoms. The fourth-order valence-corrected chi connectivity index (χ4v) is 3.04. The molecule has 0 aromatic heterocycles. The molecule has 2 heteroatoms. The minimum Gasteiger partial charge on any atom is -0.385 e. The first-order valence-corrected chi connectivity index (χ1v) is 6.32. The van der Waals surface area contributed by atoms with Crippen LogP contribution in [0.1, 0.15) is 45.6 Å². The van der Waals surface area contributed by atoms with Gasteiger partial charge in [-0.25, -0.2) is 4.39 Å². The van der Waals surface area contributed by atoms with Crippen LogP contribution in [0.3, 0.4) is 0 Å². The molecule has 1 aliphatic rings. The second-order valence-electron chi connectivity index (χ2n) is 6.20. The van der Waals surface area contributed by atoms with E-state index in [9.17, 15) is 9.50 Å². The van der Waals surface area contributed by atoms with E-state index < -0.39 is 5.60 Å². The average molecular weight is 236 g/mol. The Morgan fingerprint density at radius 2 is 1.76 bits per heavy atom. The highest BCUT2D eigenvalue weighted by atomic mass is 19.1. The SMILES string of the molecule is CC1CC(C)(C)CCC1(O)c1ccc(F)cc1. The first-order chi connectivity index (χ1) is 7.83. The molecule has 0 aliphatic heterocycles. The number of hydrogen-bond acceptors (Lipinski definition) is 1. The van der Waals surface area contributed by atoms with Crippen LogP contribution in [0.5, 0.6) is 0 Å². The summed E-state index contributed by atoms with van der Waals surface area (Å²) in [6.45, 7) is 6.58. The van der Waals surface area contributed by atoms with E-state index in [0.29, 0.717) is 5.41 Å². The molecule has 2 rings (SSSR count). The van der Waals surface area contributed by atoms with Crippen LogP contribution in [-0.4, -0.2) is 5.11 Å². The molecule has 1 aromatic rings. The summed E-state index contributed by atoms with van der Waals surface area (Å²) in [4.78, 5) is 0. The Balaban J connectivity index is 2.28. The fraction of sp³-hybridized carbons (Fsp3) is 0.600. The molecule has 0 radical (unpaired) electrons. The number of benzene rings is 1. The molecule has 1 fully saturated rings. The van der Waals surface area contributed by atoms with Crippen LogP contribution in [0.15, 0.2) is 24.3 Å². The van der Waals surface area contributed by atoms with E-state index in [0.717, 1.165) is 24.8 Å². The number of aliphatic hydroxyl groups is 1. The van der Waals surface area contributed by atoms with Gasteiger partial charge in [-0.3, -0.25) is 0 Å². The molecule has 1 saturated carbocycles. The summed E-state index contributed by atoms with van der Waals surface area (Å²) in [6, 6.07) is 6.29. The van der Waals surface area contributed by atoms with Crippen LogP contribution in [0.2, 0.25) is 0 Å². The molecule has 0 spiro atoms. The minimum atomic E-state index is -0.788. The highest BCUT2D eigenvalue weighted by Crippen LogP contribution is 2.48. The van der Waals surface area contributed by atoms with E-state index in [1.807, 2.05) is 0 Å². The van der Waals surface area contributed by atoms with Crippen LogP contribution in [0.4, 0.5) is 4.39 Å². The summed E-state index contributed by atoms with van der Waals surface area (Å²) in [7, 11) is 0. The molecular formula is C15H21FO. The van der Waals surface area contributed by atoms with Gasteiger partial charge in [0.15, 0.2) is 0 Å². The lowest BCUT2D eigenvalue weighted by Crippen LogP contribution is -2.41. The second-order valence-corrected chi connectivity index (χ2v) is 6.20. The predicted octanol–water partition coefficient (Wildman–Crippen LogP) is 3.86. The monoisotopic (exact) mass is 236 g/mol. The highest BCUT2D eigenvalue weighted by molar-refractivity contribution is 5.24. The van der Waals surface area contributed by atoms with Gasteiger partial charge in [-0.05, 0) is 48.3 Å². The maximum absolute atomic E-state index is 12.9. The van der Waals surface area contributed by atoms with Gasteiger partial charge in [0.2, 0.25) is 0 Å². The predicted molar refractivity (Wildman–Crippen MR) is 67.1 cm³/mol. The van der Waals surface area contributed by atoms with E-state index in [2.05, 4.69) is 20.8 Å². The molecule has 0 saturated heterocycles. The highest BCUT2D eigenvalue weighted by Gasteiger charge is 2.43. The van der Waals surface area contributed by atoms with Crippen molar-refractivity contribution in [3.8, 4) is 0 Å².